The number of carbonyl (C=O) groups is 1. The van der Waals surface area contributed by atoms with Crippen molar-refractivity contribution in [3.05, 3.63) is 70.8 Å². The largest absolute Gasteiger partial charge is 0.376 e. The van der Waals surface area contributed by atoms with Crippen LogP contribution in [0, 0.1) is 5.41 Å². The summed E-state index contributed by atoms with van der Waals surface area (Å²) in [6, 6.07) is 16.2. The molecule has 1 unspecified atom stereocenters. The third kappa shape index (κ3) is 1.35. The number of carbonyl (C=O) groups excluding carboxylic acids is 1. The number of ether oxygens (including phenoxy) is 1. The zero-order valence-corrected chi connectivity index (χ0v) is 11.4. The lowest BCUT2D eigenvalue weighted by molar-refractivity contribution is 0.00858. The van der Waals surface area contributed by atoms with E-state index in [2.05, 4.69) is 12.1 Å². The van der Waals surface area contributed by atoms with Crippen LogP contribution in [0.5, 0.6) is 0 Å². The summed E-state index contributed by atoms with van der Waals surface area (Å²) in [6.07, 6.45) is 1.45. The summed E-state index contributed by atoms with van der Waals surface area (Å²) in [4.78, 5) is 13.0. The van der Waals surface area contributed by atoms with Crippen molar-refractivity contribution in [2.75, 3.05) is 7.11 Å². The Morgan fingerprint density at radius 1 is 1.00 bits per heavy atom. The number of hydrogen-bond donors (Lipinski definition) is 0. The monoisotopic (exact) mass is 264 g/mol. The Morgan fingerprint density at radius 2 is 1.60 bits per heavy atom. The Bertz CT molecular complexity index is 677. The molecule has 0 amide bonds. The fourth-order valence-corrected chi connectivity index (χ4v) is 3.96. The predicted molar refractivity (Wildman–Crippen MR) is 76.8 cm³/mol. The maximum absolute atomic E-state index is 13.0. The number of methoxy groups -OCH3 is 1. The highest BCUT2D eigenvalue weighted by molar-refractivity contribution is 6.06. The molecule has 0 radical (unpaired) electrons. The topological polar surface area (TPSA) is 26.3 Å². The van der Waals surface area contributed by atoms with Crippen LogP contribution < -0.4 is 0 Å². The fourth-order valence-electron chi connectivity index (χ4n) is 3.96. The lowest BCUT2D eigenvalue weighted by atomic mass is 9.78. The molecular weight excluding hydrogens is 248 g/mol. The Balaban J connectivity index is 1.87. The van der Waals surface area contributed by atoms with Crippen LogP contribution in [0.4, 0.5) is 0 Å². The van der Waals surface area contributed by atoms with E-state index in [1.165, 1.54) is 11.1 Å². The Labute approximate surface area is 118 Å². The van der Waals surface area contributed by atoms with E-state index in [4.69, 9.17) is 4.74 Å². The molecule has 1 atom stereocenters. The van der Waals surface area contributed by atoms with Gasteiger partial charge in [0.05, 0.1) is 11.5 Å². The normalized spacial score (nSPS) is 22.1. The maximum atomic E-state index is 13.0. The molecule has 0 N–H and O–H groups in total. The molecule has 4 rings (SSSR count). The van der Waals surface area contributed by atoms with Gasteiger partial charge in [0.1, 0.15) is 0 Å². The van der Waals surface area contributed by atoms with Crippen molar-refractivity contribution in [2.45, 2.75) is 18.9 Å². The average Bonchev–Trinajstić information content (AvgIpc) is 2.97. The van der Waals surface area contributed by atoms with Gasteiger partial charge in [-0.05, 0) is 29.5 Å². The first kappa shape index (κ1) is 11.9. The maximum Gasteiger partial charge on any atom is 0.173 e. The number of fused-ring (bicyclic) bond motifs is 2. The van der Waals surface area contributed by atoms with Crippen LogP contribution >= 0.6 is 0 Å². The molecule has 2 heteroatoms. The molecule has 0 aromatic heterocycles. The van der Waals surface area contributed by atoms with E-state index in [0.29, 0.717) is 0 Å². The van der Waals surface area contributed by atoms with E-state index in [0.717, 1.165) is 24.0 Å². The van der Waals surface area contributed by atoms with Gasteiger partial charge in [0, 0.05) is 12.7 Å². The smallest absolute Gasteiger partial charge is 0.173 e. The molecule has 2 aromatic carbocycles. The van der Waals surface area contributed by atoms with Gasteiger partial charge < -0.3 is 4.74 Å². The summed E-state index contributed by atoms with van der Waals surface area (Å²) in [7, 11) is 1.71. The van der Waals surface area contributed by atoms with E-state index in [1.54, 1.807) is 7.11 Å². The first-order valence-corrected chi connectivity index (χ1v) is 6.99. The van der Waals surface area contributed by atoms with Crippen LogP contribution in [0.1, 0.15) is 33.2 Å². The summed E-state index contributed by atoms with van der Waals surface area (Å²) < 4.78 is 5.76. The highest BCUT2D eigenvalue weighted by Gasteiger charge is 2.55. The second-order valence-electron chi connectivity index (χ2n) is 5.81. The Morgan fingerprint density at radius 3 is 2.25 bits per heavy atom. The van der Waals surface area contributed by atoms with Crippen LogP contribution in [0.25, 0.3) is 0 Å². The van der Waals surface area contributed by atoms with Crippen molar-refractivity contribution < 1.29 is 9.53 Å². The van der Waals surface area contributed by atoms with Crippen LogP contribution in [-0.2, 0) is 17.6 Å². The van der Waals surface area contributed by atoms with E-state index in [1.807, 2.05) is 36.4 Å². The number of Topliss-reactive ketones (excluding diaryl/α,β-unsaturated/α-hetero) is 1. The lowest BCUT2D eigenvalue weighted by Gasteiger charge is -2.28. The van der Waals surface area contributed by atoms with Gasteiger partial charge in [-0.1, -0.05) is 48.5 Å². The molecule has 2 aliphatic carbocycles. The first-order valence-electron chi connectivity index (χ1n) is 6.99. The lowest BCUT2D eigenvalue weighted by Crippen LogP contribution is -2.33. The van der Waals surface area contributed by atoms with E-state index in [9.17, 15) is 4.79 Å². The summed E-state index contributed by atoms with van der Waals surface area (Å²) in [5, 5.41) is 0. The van der Waals surface area contributed by atoms with E-state index < -0.39 is 5.41 Å². The van der Waals surface area contributed by atoms with Gasteiger partial charge in [-0.2, -0.15) is 0 Å². The number of benzene rings is 2. The highest BCUT2D eigenvalue weighted by Crippen LogP contribution is 2.54. The van der Waals surface area contributed by atoms with Crippen LogP contribution in [-0.4, -0.2) is 12.9 Å². The minimum Gasteiger partial charge on any atom is -0.376 e. The molecule has 100 valence electrons. The van der Waals surface area contributed by atoms with Gasteiger partial charge in [-0.3, -0.25) is 4.79 Å². The van der Waals surface area contributed by atoms with Crippen molar-refractivity contribution in [1.29, 1.82) is 0 Å². The number of hydrogen-bond acceptors (Lipinski definition) is 2. The zero-order valence-electron chi connectivity index (χ0n) is 11.4. The molecule has 0 saturated carbocycles. The van der Waals surface area contributed by atoms with Crippen molar-refractivity contribution in [2.24, 2.45) is 5.41 Å². The minimum atomic E-state index is -0.428. The predicted octanol–water partition coefficient (Wildman–Crippen LogP) is 3.36. The molecule has 0 bridgehead atoms. The molecule has 20 heavy (non-hydrogen) atoms. The van der Waals surface area contributed by atoms with Gasteiger partial charge in [-0.15, -0.1) is 0 Å². The fraction of sp³-hybridized carbons (Fsp3) is 0.278. The first-order chi connectivity index (χ1) is 9.76. The van der Waals surface area contributed by atoms with Gasteiger partial charge in [0.15, 0.2) is 5.78 Å². The van der Waals surface area contributed by atoms with Crippen LogP contribution in [0.2, 0.25) is 0 Å². The SMILES string of the molecule is COC1c2ccccc2C(=O)C12Cc1ccccc1C2. The summed E-state index contributed by atoms with van der Waals surface area (Å²) in [5.41, 5.74) is 4.04. The highest BCUT2D eigenvalue weighted by atomic mass is 16.5. The standard InChI is InChI=1S/C18H16O2/c1-20-17-15-9-5-4-8-14(15)16(19)18(17)10-12-6-2-3-7-13(12)11-18/h2-9,17H,10-11H2,1H3. The quantitative estimate of drug-likeness (QED) is 0.789. The molecular formula is C18H16O2. The Hall–Kier alpha value is -1.93. The van der Waals surface area contributed by atoms with Crippen molar-refractivity contribution in [3.8, 4) is 0 Å². The van der Waals surface area contributed by atoms with Crippen LogP contribution in [0.15, 0.2) is 48.5 Å². The van der Waals surface area contributed by atoms with Gasteiger partial charge in [-0.25, -0.2) is 0 Å². The molecule has 0 aliphatic heterocycles. The number of ketones is 1. The Kier molecular flexibility index (Phi) is 2.39. The molecule has 0 heterocycles. The van der Waals surface area contributed by atoms with Crippen molar-refractivity contribution in [3.63, 3.8) is 0 Å². The second kappa shape index (κ2) is 4.03. The zero-order chi connectivity index (χ0) is 13.7. The van der Waals surface area contributed by atoms with E-state index in [-0.39, 0.29) is 11.9 Å². The summed E-state index contributed by atoms with van der Waals surface area (Å²) >= 11 is 0. The average molecular weight is 264 g/mol. The van der Waals surface area contributed by atoms with Crippen molar-refractivity contribution >= 4 is 5.78 Å². The molecule has 2 aliphatic rings. The van der Waals surface area contributed by atoms with Gasteiger partial charge >= 0.3 is 0 Å². The van der Waals surface area contributed by atoms with Gasteiger partial charge in [0.2, 0.25) is 0 Å². The third-order valence-corrected chi connectivity index (χ3v) is 4.81. The van der Waals surface area contributed by atoms with Crippen molar-refractivity contribution in [1.82, 2.24) is 0 Å². The molecule has 0 fully saturated rings. The minimum absolute atomic E-state index is 0.126. The van der Waals surface area contributed by atoms with Crippen LogP contribution in [0.3, 0.4) is 0 Å². The molecule has 2 aromatic rings. The van der Waals surface area contributed by atoms with E-state index >= 15 is 0 Å². The molecule has 1 spiro atoms. The summed E-state index contributed by atoms with van der Waals surface area (Å²) in [5.74, 6) is 0.246. The third-order valence-electron chi connectivity index (χ3n) is 4.81. The summed E-state index contributed by atoms with van der Waals surface area (Å²) in [6.45, 7) is 0. The van der Waals surface area contributed by atoms with Gasteiger partial charge in [0.25, 0.3) is 0 Å². The molecule has 0 saturated heterocycles. The second-order valence-corrected chi connectivity index (χ2v) is 5.81. The molecule has 2 nitrogen and oxygen atoms in total. The number of rotatable bonds is 1.